The minimum atomic E-state index is 0.636. The van der Waals surface area contributed by atoms with Crippen molar-refractivity contribution in [3.05, 3.63) is 0 Å². The van der Waals surface area contributed by atoms with Crippen molar-refractivity contribution in [2.45, 2.75) is 38.1 Å². The number of rotatable bonds is 2. The van der Waals surface area contributed by atoms with E-state index in [1.54, 1.807) is 0 Å². The monoisotopic (exact) mass is 194 g/mol. The van der Waals surface area contributed by atoms with E-state index >= 15 is 0 Å². The molecule has 2 saturated heterocycles. The largest absolute Gasteiger partial charge is 0.291 e. The lowest BCUT2D eigenvalue weighted by atomic mass is 9.68. The summed E-state index contributed by atoms with van der Waals surface area (Å²) in [5.41, 5.74) is 2.89. The van der Waals surface area contributed by atoms with Crippen LogP contribution in [0.1, 0.15) is 32.1 Å². The first kappa shape index (κ1) is 8.72. The van der Waals surface area contributed by atoms with E-state index in [0.717, 1.165) is 30.7 Å². The number of hydrogen-bond donors (Lipinski definition) is 1. The van der Waals surface area contributed by atoms with Gasteiger partial charge in [0.2, 0.25) is 6.41 Å². The molecule has 2 aliphatic carbocycles. The average molecular weight is 194 g/mol. The first-order valence-electron chi connectivity index (χ1n) is 5.81. The highest BCUT2D eigenvalue weighted by molar-refractivity contribution is 5.45. The molecule has 4 fully saturated rings. The minimum absolute atomic E-state index is 0.636. The van der Waals surface area contributed by atoms with Crippen molar-refractivity contribution in [1.29, 1.82) is 0 Å². The van der Waals surface area contributed by atoms with Crippen LogP contribution in [-0.4, -0.2) is 24.0 Å². The van der Waals surface area contributed by atoms with E-state index in [2.05, 4.69) is 10.4 Å². The van der Waals surface area contributed by atoms with E-state index < -0.39 is 0 Å². The quantitative estimate of drug-likeness (QED) is 0.669. The first-order chi connectivity index (χ1) is 6.85. The molecule has 2 saturated carbocycles. The lowest BCUT2D eigenvalue weighted by molar-refractivity contribution is -0.115. The fourth-order valence-electron chi connectivity index (χ4n) is 4.01. The molecule has 2 heterocycles. The zero-order valence-electron chi connectivity index (χ0n) is 8.48. The standard InChI is InChI=1S/C11H18N2O/c14-7-12-13-6-10-2-8-1-9(3-10)5-11(13)4-8/h7-11H,1-6H2,(H,12,14). The summed E-state index contributed by atoms with van der Waals surface area (Å²) in [6, 6.07) is 0.636. The summed E-state index contributed by atoms with van der Waals surface area (Å²) in [4.78, 5) is 10.5. The minimum Gasteiger partial charge on any atom is -0.291 e. The van der Waals surface area contributed by atoms with Gasteiger partial charge in [-0.1, -0.05) is 0 Å². The van der Waals surface area contributed by atoms with Crippen LogP contribution in [0.4, 0.5) is 0 Å². The molecular formula is C11H18N2O. The van der Waals surface area contributed by atoms with Gasteiger partial charge in [-0.3, -0.25) is 10.2 Å². The Kier molecular flexibility index (Phi) is 2.01. The molecule has 14 heavy (non-hydrogen) atoms. The Morgan fingerprint density at radius 3 is 2.29 bits per heavy atom. The van der Waals surface area contributed by atoms with Crippen molar-refractivity contribution in [3.8, 4) is 0 Å². The van der Waals surface area contributed by atoms with Crippen LogP contribution in [-0.2, 0) is 4.79 Å². The molecule has 4 aliphatic rings. The third-order valence-electron chi connectivity index (χ3n) is 4.33. The maximum absolute atomic E-state index is 10.5. The zero-order chi connectivity index (χ0) is 9.54. The number of nitrogens with zero attached hydrogens (tertiary/aromatic N) is 1. The van der Waals surface area contributed by atoms with Gasteiger partial charge in [-0.2, -0.15) is 0 Å². The smallest absolute Gasteiger partial charge is 0.221 e. The SMILES string of the molecule is O=CNN1CC2CC3CC(C2)CC1C3. The van der Waals surface area contributed by atoms with Crippen LogP contribution in [0.25, 0.3) is 0 Å². The second-order valence-electron chi connectivity index (χ2n) is 5.33. The van der Waals surface area contributed by atoms with Gasteiger partial charge in [0.15, 0.2) is 0 Å². The van der Waals surface area contributed by atoms with Crippen molar-refractivity contribution >= 4 is 6.41 Å². The normalized spacial score (nSPS) is 46.3. The molecule has 0 radical (unpaired) electrons. The molecular weight excluding hydrogens is 176 g/mol. The Hall–Kier alpha value is -0.570. The van der Waals surface area contributed by atoms with Gasteiger partial charge < -0.3 is 0 Å². The summed E-state index contributed by atoms with van der Waals surface area (Å²) < 4.78 is 0. The molecule has 3 heteroatoms. The summed E-state index contributed by atoms with van der Waals surface area (Å²) >= 11 is 0. The van der Waals surface area contributed by atoms with Gasteiger partial charge in [0.05, 0.1) is 0 Å². The molecule has 4 bridgehead atoms. The van der Waals surface area contributed by atoms with E-state index in [-0.39, 0.29) is 0 Å². The lowest BCUT2D eigenvalue weighted by Gasteiger charge is -2.38. The van der Waals surface area contributed by atoms with Crippen molar-refractivity contribution in [1.82, 2.24) is 10.4 Å². The van der Waals surface area contributed by atoms with Crippen LogP contribution in [0.5, 0.6) is 0 Å². The van der Waals surface area contributed by atoms with Crippen molar-refractivity contribution in [2.24, 2.45) is 17.8 Å². The van der Waals surface area contributed by atoms with E-state index in [1.807, 2.05) is 0 Å². The molecule has 4 rings (SSSR count). The van der Waals surface area contributed by atoms with Crippen molar-refractivity contribution in [2.75, 3.05) is 6.54 Å². The number of nitrogens with one attached hydrogen (secondary N) is 1. The highest BCUT2D eigenvalue weighted by Crippen LogP contribution is 2.46. The fraction of sp³-hybridized carbons (Fsp3) is 0.909. The maximum atomic E-state index is 10.5. The highest BCUT2D eigenvalue weighted by Gasteiger charge is 2.42. The summed E-state index contributed by atoms with van der Waals surface area (Å²) in [6.07, 6.45) is 7.74. The van der Waals surface area contributed by atoms with Gasteiger partial charge in [0.1, 0.15) is 0 Å². The molecule has 0 spiro atoms. The van der Waals surface area contributed by atoms with Gasteiger partial charge in [-0.25, -0.2) is 5.01 Å². The summed E-state index contributed by atoms with van der Waals surface area (Å²) in [5.74, 6) is 2.76. The molecule has 2 unspecified atom stereocenters. The van der Waals surface area contributed by atoms with Crippen molar-refractivity contribution in [3.63, 3.8) is 0 Å². The number of hydrogen-bond acceptors (Lipinski definition) is 2. The number of fused-ring (bicyclic) bond motifs is 1. The molecule has 1 N–H and O–H groups in total. The van der Waals surface area contributed by atoms with Crippen LogP contribution in [0.15, 0.2) is 0 Å². The summed E-state index contributed by atoms with van der Waals surface area (Å²) in [5, 5.41) is 2.21. The second kappa shape index (κ2) is 3.23. The van der Waals surface area contributed by atoms with Crippen LogP contribution in [0, 0.1) is 17.8 Å². The topological polar surface area (TPSA) is 32.3 Å². The zero-order valence-corrected chi connectivity index (χ0v) is 8.48. The van der Waals surface area contributed by atoms with Crippen LogP contribution in [0.2, 0.25) is 0 Å². The fourth-order valence-corrected chi connectivity index (χ4v) is 4.01. The molecule has 0 aromatic carbocycles. The van der Waals surface area contributed by atoms with Gasteiger partial charge in [-0.05, 0) is 49.9 Å². The molecule has 2 atom stereocenters. The van der Waals surface area contributed by atoms with Gasteiger partial charge in [-0.15, -0.1) is 0 Å². The first-order valence-corrected chi connectivity index (χ1v) is 5.81. The average Bonchev–Trinajstić information content (AvgIpc) is 2.32. The maximum Gasteiger partial charge on any atom is 0.221 e. The molecule has 1 amide bonds. The Labute approximate surface area is 84.8 Å². The number of carbonyl (C=O) groups excluding carboxylic acids is 1. The van der Waals surface area contributed by atoms with Crippen molar-refractivity contribution < 1.29 is 4.79 Å². The van der Waals surface area contributed by atoms with Gasteiger partial charge in [0, 0.05) is 12.6 Å². The van der Waals surface area contributed by atoms with Crippen LogP contribution >= 0.6 is 0 Å². The van der Waals surface area contributed by atoms with Gasteiger partial charge >= 0.3 is 0 Å². The molecule has 2 aliphatic heterocycles. The van der Waals surface area contributed by atoms with Gasteiger partial charge in [0.25, 0.3) is 0 Å². The number of hydrazine groups is 1. The van der Waals surface area contributed by atoms with Crippen LogP contribution in [0.3, 0.4) is 0 Å². The summed E-state index contributed by atoms with van der Waals surface area (Å²) in [6.45, 7) is 1.09. The Balaban J connectivity index is 1.82. The number of carbonyl (C=O) groups is 1. The Morgan fingerprint density at radius 2 is 1.64 bits per heavy atom. The molecule has 3 nitrogen and oxygen atoms in total. The Bertz CT molecular complexity index is 229. The third kappa shape index (κ3) is 1.34. The van der Waals surface area contributed by atoms with E-state index in [9.17, 15) is 4.79 Å². The Morgan fingerprint density at radius 1 is 1.00 bits per heavy atom. The van der Waals surface area contributed by atoms with E-state index in [0.29, 0.717) is 6.04 Å². The number of amides is 1. The highest BCUT2D eigenvalue weighted by atomic mass is 16.1. The van der Waals surface area contributed by atoms with E-state index in [1.165, 1.54) is 32.1 Å². The van der Waals surface area contributed by atoms with E-state index in [4.69, 9.17) is 0 Å². The lowest BCUT2D eigenvalue weighted by Crippen LogP contribution is -2.46. The molecule has 78 valence electrons. The second-order valence-corrected chi connectivity index (χ2v) is 5.33. The third-order valence-corrected chi connectivity index (χ3v) is 4.33. The van der Waals surface area contributed by atoms with Crippen LogP contribution < -0.4 is 5.43 Å². The molecule has 0 aromatic rings. The predicted molar refractivity (Wildman–Crippen MR) is 53.2 cm³/mol. The predicted octanol–water partition coefficient (Wildman–Crippen LogP) is 1.16. The summed E-state index contributed by atoms with van der Waals surface area (Å²) in [7, 11) is 0. The molecule has 0 aromatic heterocycles.